The summed E-state index contributed by atoms with van der Waals surface area (Å²) in [6, 6.07) is 6.96. The summed E-state index contributed by atoms with van der Waals surface area (Å²) in [5.74, 6) is -0.448. The number of hydrogen-bond acceptors (Lipinski definition) is 3. The van der Waals surface area contributed by atoms with Crippen molar-refractivity contribution in [3.8, 4) is 11.1 Å². The molecule has 2 aliphatic rings. The highest BCUT2D eigenvalue weighted by atomic mass is 19.1. The second-order valence-corrected chi connectivity index (χ2v) is 8.13. The minimum Gasteiger partial charge on any atom is -0.349 e. The molecule has 154 valence electrons. The van der Waals surface area contributed by atoms with Crippen LogP contribution in [0, 0.1) is 18.7 Å². The van der Waals surface area contributed by atoms with Gasteiger partial charge in [-0.1, -0.05) is 6.07 Å². The second-order valence-electron chi connectivity index (χ2n) is 8.13. The van der Waals surface area contributed by atoms with Gasteiger partial charge in [-0.15, -0.1) is 0 Å². The Kier molecular flexibility index (Phi) is 4.98. The Morgan fingerprint density at radius 3 is 2.72 bits per heavy atom. The molecule has 0 saturated carbocycles. The molecule has 1 aromatic heterocycles. The number of anilines is 1. The maximum Gasteiger partial charge on any atom is 0.322 e. The number of rotatable bonds is 3. The first-order chi connectivity index (χ1) is 13.8. The van der Waals surface area contributed by atoms with E-state index in [0.717, 1.165) is 30.4 Å². The number of piperidine rings is 1. The minimum absolute atomic E-state index is 0. The second kappa shape index (κ2) is 7.46. The van der Waals surface area contributed by atoms with E-state index in [1.165, 1.54) is 12.3 Å². The van der Waals surface area contributed by atoms with Crippen molar-refractivity contribution in [3.05, 3.63) is 48.0 Å². The Bertz CT molecular complexity index is 966. The van der Waals surface area contributed by atoms with Crippen LogP contribution in [-0.4, -0.2) is 52.9 Å². The first kappa shape index (κ1) is 19.4. The van der Waals surface area contributed by atoms with E-state index in [0.29, 0.717) is 11.3 Å². The summed E-state index contributed by atoms with van der Waals surface area (Å²) in [6.45, 7) is 1.93. The van der Waals surface area contributed by atoms with E-state index in [-0.39, 0.29) is 31.4 Å². The zero-order chi connectivity index (χ0) is 20.7. The summed E-state index contributed by atoms with van der Waals surface area (Å²) >= 11 is 0. The van der Waals surface area contributed by atoms with Crippen LogP contribution < -0.4 is 5.32 Å². The Morgan fingerprint density at radius 2 is 2.03 bits per heavy atom. The Labute approximate surface area is 171 Å². The van der Waals surface area contributed by atoms with Crippen molar-refractivity contribution in [2.45, 2.75) is 38.3 Å². The maximum atomic E-state index is 13.6. The number of pyridine rings is 1. The highest BCUT2D eigenvalue weighted by molar-refractivity contribution is 5.92. The van der Waals surface area contributed by atoms with Crippen LogP contribution in [0.25, 0.3) is 11.1 Å². The van der Waals surface area contributed by atoms with Crippen LogP contribution in [0.2, 0.25) is 0 Å². The molecule has 2 saturated heterocycles. The SMILES string of the molecule is Cc1ccc(NC(=O)N2C3CCC(C(=O)N(C)C)C2C3)cc1-c1cncc(F)c1.[HH]. The fourth-order valence-electron chi connectivity index (χ4n) is 4.51. The molecular formula is C22H27FN4O2. The lowest BCUT2D eigenvalue weighted by molar-refractivity contribution is -0.142. The van der Waals surface area contributed by atoms with E-state index in [9.17, 15) is 14.0 Å². The maximum absolute atomic E-state index is 13.6. The predicted molar refractivity (Wildman–Crippen MR) is 111 cm³/mol. The zero-order valence-corrected chi connectivity index (χ0v) is 16.9. The van der Waals surface area contributed by atoms with Gasteiger partial charge in [0, 0.05) is 45.1 Å². The number of hydrogen-bond donors (Lipinski definition) is 1. The molecule has 29 heavy (non-hydrogen) atoms. The third-order valence-corrected chi connectivity index (χ3v) is 6.04. The van der Waals surface area contributed by atoms with Gasteiger partial charge < -0.3 is 15.1 Å². The summed E-state index contributed by atoms with van der Waals surface area (Å²) < 4.78 is 13.6. The van der Waals surface area contributed by atoms with Crippen molar-refractivity contribution in [2.24, 2.45) is 5.92 Å². The molecule has 6 nitrogen and oxygen atoms in total. The van der Waals surface area contributed by atoms with Crippen LogP contribution >= 0.6 is 0 Å². The van der Waals surface area contributed by atoms with Gasteiger partial charge in [-0.3, -0.25) is 9.78 Å². The van der Waals surface area contributed by atoms with Crippen LogP contribution in [0.15, 0.2) is 36.7 Å². The minimum atomic E-state index is -0.402. The lowest BCUT2D eigenvalue weighted by atomic mass is 9.72. The number of aromatic nitrogens is 1. The fraction of sp³-hybridized carbons (Fsp3) is 0.409. The summed E-state index contributed by atoms with van der Waals surface area (Å²) in [5, 5.41) is 2.96. The molecule has 3 amide bonds. The summed E-state index contributed by atoms with van der Waals surface area (Å²) in [7, 11) is 3.51. The van der Waals surface area contributed by atoms with Crippen molar-refractivity contribution in [1.29, 1.82) is 0 Å². The first-order valence-electron chi connectivity index (χ1n) is 9.87. The number of carbonyl (C=O) groups excluding carboxylic acids is 2. The van der Waals surface area contributed by atoms with E-state index in [1.54, 1.807) is 25.2 Å². The molecule has 1 aromatic carbocycles. The van der Waals surface area contributed by atoms with Crippen molar-refractivity contribution in [1.82, 2.24) is 14.8 Å². The predicted octanol–water partition coefficient (Wildman–Crippen LogP) is 3.92. The molecular weight excluding hydrogens is 371 g/mol. The van der Waals surface area contributed by atoms with Gasteiger partial charge in [-0.2, -0.15) is 0 Å². The smallest absolute Gasteiger partial charge is 0.322 e. The molecule has 2 bridgehead atoms. The van der Waals surface area contributed by atoms with Gasteiger partial charge in [0.1, 0.15) is 5.82 Å². The van der Waals surface area contributed by atoms with Crippen LogP contribution in [0.5, 0.6) is 0 Å². The average molecular weight is 398 g/mol. The quantitative estimate of drug-likeness (QED) is 0.852. The first-order valence-corrected chi connectivity index (χ1v) is 9.87. The van der Waals surface area contributed by atoms with Crippen molar-refractivity contribution >= 4 is 17.6 Å². The lowest BCUT2D eigenvalue weighted by Gasteiger charge is -2.55. The number of aryl methyl sites for hydroxylation is 1. The summed E-state index contributed by atoms with van der Waals surface area (Å²) in [4.78, 5) is 32.7. The van der Waals surface area contributed by atoms with Gasteiger partial charge in [0.05, 0.1) is 12.1 Å². The van der Waals surface area contributed by atoms with Crippen molar-refractivity contribution < 1.29 is 15.4 Å². The molecule has 2 aliphatic heterocycles. The van der Waals surface area contributed by atoms with E-state index < -0.39 is 5.82 Å². The number of nitrogens with one attached hydrogen (secondary N) is 1. The van der Waals surface area contributed by atoms with Crippen molar-refractivity contribution in [2.75, 3.05) is 19.4 Å². The van der Waals surface area contributed by atoms with Gasteiger partial charge in [0.25, 0.3) is 0 Å². The highest BCUT2D eigenvalue weighted by Gasteiger charge is 2.52. The Hall–Kier alpha value is -2.96. The molecule has 3 heterocycles. The summed E-state index contributed by atoms with van der Waals surface area (Å²) in [6.07, 6.45) is 5.33. The molecule has 0 radical (unpaired) electrons. The van der Waals surface area contributed by atoms with Crippen LogP contribution in [-0.2, 0) is 4.79 Å². The molecule has 7 heteroatoms. The molecule has 1 N–H and O–H groups in total. The van der Waals surface area contributed by atoms with E-state index in [1.807, 2.05) is 30.0 Å². The third kappa shape index (κ3) is 3.57. The Morgan fingerprint density at radius 1 is 1.24 bits per heavy atom. The molecule has 0 aliphatic carbocycles. The number of halogens is 1. The zero-order valence-electron chi connectivity index (χ0n) is 16.9. The highest BCUT2D eigenvalue weighted by Crippen LogP contribution is 2.43. The normalized spacial score (nSPS) is 22.6. The van der Waals surface area contributed by atoms with Gasteiger partial charge in [0.15, 0.2) is 0 Å². The van der Waals surface area contributed by atoms with E-state index in [4.69, 9.17) is 0 Å². The van der Waals surface area contributed by atoms with Crippen LogP contribution in [0.1, 0.15) is 26.3 Å². The van der Waals surface area contributed by atoms with E-state index >= 15 is 0 Å². The summed E-state index contributed by atoms with van der Waals surface area (Å²) in [5.41, 5.74) is 3.09. The van der Waals surface area contributed by atoms with E-state index in [2.05, 4.69) is 10.3 Å². The van der Waals surface area contributed by atoms with Gasteiger partial charge in [-0.25, -0.2) is 9.18 Å². The monoisotopic (exact) mass is 398 g/mol. The van der Waals surface area contributed by atoms with Gasteiger partial charge >= 0.3 is 6.03 Å². The number of fused-ring (bicyclic) bond motifs is 2. The van der Waals surface area contributed by atoms with Crippen LogP contribution in [0.4, 0.5) is 14.9 Å². The number of urea groups is 1. The largest absolute Gasteiger partial charge is 0.349 e. The topological polar surface area (TPSA) is 65.5 Å². The fourth-order valence-corrected chi connectivity index (χ4v) is 4.51. The number of carbonyl (C=O) groups is 2. The number of benzene rings is 1. The molecule has 3 atom stereocenters. The van der Waals surface area contributed by atoms with Crippen molar-refractivity contribution in [3.63, 3.8) is 0 Å². The number of amides is 3. The molecule has 2 fully saturated rings. The van der Waals surface area contributed by atoms with Gasteiger partial charge in [-0.05, 0) is 55.5 Å². The van der Waals surface area contributed by atoms with Gasteiger partial charge in [0.2, 0.25) is 5.91 Å². The average Bonchev–Trinajstić information content (AvgIpc) is 2.68. The molecule has 3 unspecified atom stereocenters. The van der Waals surface area contributed by atoms with Crippen LogP contribution in [0.3, 0.4) is 0 Å². The number of nitrogens with zero attached hydrogens (tertiary/aromatic N) is 3. The standard InChI is InChI=1S/C22H25FN4O2.H2/c1-13-4-5-16(9-19(13)14-8-15(23)12-24-11-14)25-22(29)27-17-6-7-18(20(27)10-17)21(28)26(2)3;/h4-5,8-9,11-12,17-18,20H,6-7,10H2,1-3H3,(H,25,29);1H. The third-order valence-electron chi connectivity index (χ3n) is 6.04. The molecule has 2 aromatic rings. The Balaban J connectivity index is 0.00000256. The lowest BCUT2D eigenvalue weighted by Crippen LogP contribution is -2.67. The molecule has 4 rings (SSSR count). The molecule has 0 spiro atoms.